The van der Waals surface area contributed by atoms with E-state index in [0.29, 0.717) is 13.0 Å². The molecule has 3 heteroatoms. The molecule has 106 valence electrons. The first kappa shape index (κ1) is 15.7. The van der Waals surface area contributed by atoms with Crippen molar-refractivity contribution in [1.82, 2.24) is 5.32 Å². The van der Waals surface area contributed by atoms with Crippen LogP contribution in [0.4, 0.5) is 0 Å². The summed E-state index contributed by atoms with van der Waals surface area (Å²) in [5.74, 6) is 0.0278. The Labute approximate surface area is 116 Å². The quantitative estimate of drug-likeness (QED) is 0.857. The van der Waals surface area contributed by atoms with Crippen molar-refractivity contribution in [3.05, 3.63) is 35.4 Å². The monoisotopic (exact) mass is 262 g/mol. The number of amides is 1. The van der Waals surface area contributed by atoms with E-state index in [-0.39, 0.29) is 17.4 Å². The molecule has 1 unspecified atom stereocenters. The number of hydrogen-bond donors (Lipinski definition) is 2. The summed E-state index contributed by atoms with van der Waals surface area (Å²) in [6.45, 7) is 9.04. The first-order chi connectivity index (χ1) is 8.78. The molecule has 0 aliphatic heterocycles. The molecule has 1 rings (SSSR count). The zero-order valence-electron chi connectivity index (χ0n) is 12.5. The smallest absolute Gasteiger partial charge is 0.221 e. The molecule has 0 saturated carbocycles. The van der Waals surface area contributed by atoms with Crippen molar-refractivity contribution in [2.75, 3.05) is 0 Å². The van der Waals surface area contributed by atoms with Gasteiger partial charge in [0.05, 0.1) is 0 Å². The van der Waals surface area contributed by atoms with Crippen molar-refractivity contribution < 1.29 is 4.79 Å². The predicted molar refractivity (Wildman–Crippen MR) is 79.7 cm³/mol. The van der Waals surface area contributed by atoms with Crippen molar-refractivity contribution in [2.24, 2.45) is 11.1 Å². The maximum atomic E-state index is 11.8. The van der Waals surface area contributed by atoms with Crippen LogP contribution in [0.25, 0.3) is 0 Å². The molecular formula is C16H26N2O. The SMILES string of the molecule is Cc1ccccc1CNC(=O)CC(N)CC(C)(C)C. The van der Waals surface area contributed by atoms with Crippen LogP contribution in [-0.2, 0) is 11.3 Å². The van der Waals surface area contributed by atoms with Crippen LogP contribution in [0, 0.1) is 12.3 Å². The Morgan fingerprint density at radius 3 is 2.53 bits per heavy atom. The lowest BCUT2D eigenvalue weighted by Crippen LogP contribution is -2.34. The van der Waals surface area contributed by atoms with Crippen molar-refractivity contribution in [3.8, 4) is 0 Å². The fourth-order valence-corrected chi connectivity index (χ4v) is 2.17. The zero-order valence-corrected chi connectivity index (χ0v) is 12.5. The number of hydrogen-bond acceptors (Lipinski definition) is 2. The first-order valence-corrected chi connectivity index (χ1v) is 6.85. The Balaban J connectivity index is 2.38. The van der Waals surface area contributed by atoms with E-state index in [9.17, 15) is 4.79 Å². The van der Waals surface area contributed by atoms with Gasteiger partial charge in [-0.05, 0) is 29.9 Å². The summed E-state index contributed by atoms with van der Waals surface area (Å²) < 4.78 is 0. The van der Waals surface area contributed by atoms with E-state index in [4.69, 9.17) is 5.73 Å². The summed E-state index contributed by atoms with van der Waals surface area (Å²) in [7, 11) is 0. The van der Waals surface area contributed by atoms with Gasteiger partial charge >= 0.3 is 0 Å². The minimum absolute atomic E-state index is 0.0278. The van der Waals surface area contributed by atoms with Crippen LogP contribution in [0.3, 0.4) is 0 Å². The maximum Gasteiger partial charge on any atom is 0.221 e. The van der Waals surface area contributed by atoms with Gasteiger partial charge in [-0.15, -0.1) is 0 Å². The Bertz CT molecular complexity index is 421. The van der Waals surface area contributed by atoms with Crippen molar-refractivity contribution >= 4 is 5.91 Å². The second kappa shape index (κ2) is 6.71. The third kappa shape index (κ3) is 6.39. The molecule has 1 aromatic rings. The highest BCUT2D eigenvalue weighted by molar-refractivity contribution is 5.76. The molecule has 0 aliphatic carbocycles. The number of nitrogens with two attached hydrogens (primary N) is 1. The molecule has 0 heterocycles. The second-order valence-electron chi connectivity index (χ2n) is 6.43. The Kier molecular flexibility index (Phi) is 5.55. The molecule has 3 N–H and O–H groups in total. The fraction of sp³-hybridized carbons (Fsp3) is 0.562. The van der Waals surface area contributed by atoms with Crippen LogP contribution in [0.15, 0.2) is 24.3 Å². The Morgan fingerprint density at radius 2 is 1.95 bits per heavy atom. The Morgan fingerprint density at radius 1 is 1.32 bits per heavy atom. The largest absolute Gasteiger partial charge is 0.352 e. The van der Waals surface area contributed by atoms with Crippen LogP contribution in [0.1, 0.15) is 44.7 Å². The maximum absolute atomic E-state index is 11.8. The number of carbonyl (C=O) groups excluding carboxylic acids is 1. The van der Waals surface area contributed by atoms with Gasteiger partial charge in [0.2, 0.25) is 5.91 Å². The van der Waals surface area contributed by atoms with Gasteiger partial charge in [0.1, 0.15) is 0 Å². The van der Waals surface area contributed by atoms with E-state index in [2.05, 4.69) is 26.1 Å². The molecule has 0 bridgehead atoms. The van der Waals surface area contributed by atoms with Crippen molar-refractivity contribution in [2.45, 2.75) is 53.1 Å². The Hall–Kier alpha value is -1.35. The predicted octanol–water partition coefficient (Wildman–Crippen LogP) is 2.76. The molecule has 3 nitrogen and oxygen atoms in total. The molecule has 0 saturated heterocycles. The normalized spacial score (nSPS) is 13.1. The number of aryl methyl sites for hydroxylation is 1. The first-order valence-electron chi connectivity index (χ1n) is 6.85. The highest BCUT2D eigenvalue weighted by Gasteiger charge is 2.17. The molecule has 1 atom stereocenters. The molecule has 0 fully saturated rings. The summed E-state index contributed by atoms with van der Waals surface area (Å²) in [6.07, 6.45) is 1.24. The summed E-state index contributed by atoms with van der Waals surface area (Å²) >= 11 is 0. The minimum atomic E-state index is -0.0723. The van der Waals surface area contributed by atoms with Crippen LogP contribution < -0.4 is 11.1 Å². The molecular weight excluding hydrogens is 236 g/mol. The zero-order chi connectivity index (χ0) is 14.5. The topological polar surface area (TPSA) is 55.1 Å². The average Bonchev–Trinajstić information content (AvgIpc) is 2.25. The van der Waals surface area contributed by atoms with E-state index in [1.807, 2.05) is 31.2 Å². The van der Waals surface area contributed by atoms with Crippen molar-refractivity contribution in [3.63, 3.8) is 0 Å². The minimum Gasteiger partial charge on any atom is -0.352 e. The highest BCUT2D eigenvalue weighted by atomic mass is 16.1. The average molecular weight is 262 g/mol. The number of benzene rings is 1. The summed E-state index contributed by atoms with van der Waals surface area (Å²) in [5, 5.41) is 2.94. The molecule has 0 spiro atoms. The van der Waals surface area contributed by atoms with Gasteiger partial charge in [-0.2, -0.15) is 0 Å². The number of rotatable bonds is 5. The number of carbonyl (C=O) groups is 1. The van der Waals surface area contributed by atoms with E-state index in [1.165, 1.54) is 5.56 Å². The summed E-state index contributed by atoms with van der Waals surface area (Å²) in [6, 6.07) is 7.99. The van der Waals surface area contributed by atoms with E-state index in [0.717, 1.165) is 12.0 Å². The van der Waals surface area contributed by atoms with Gasteiger partial charge in [-0.25, -0.2) is 0 Å². The lowest BCUT2D eigenvalue weighted by molar-refractivity contribution is -0.121. The van der Waals surface area contributed by atoms with Gasteiger partial charge in [-0.1, -0.05) is 45.0 Å². The summed E-state index contributed by atoms with van der Waals surface area (Å²) in [4.78, 5) is 11.8. The third-order valence-corrected chi connectivity index (χ3v) is 3.06. The lowest BCUT2D eigenvalue weighted by atomic mass is 9.87. The molecule has 0 radical (unpaired) electrons. The fourth-order valence-electron chi connectivity index (χ4n) is 2.17. The van der Waals surface area contributed by atoms with Gasteiger partial charge < -0.3 is 11.1 Å². The van der Waals surface area contributed by atoms with Gasteiger partial charge in [0.15, 0.2) is 0 Å². The molecule has 1 amide bonds. The van der Waals surface area contributed by atoms with Crippen molar-refractivity contribution in [1.29, 1.82) is 0 Å². The number of nitrogens with one attached hydrogen (secondary N) is 1. The molecule has 1 aromatic carbocycles. The second-order valence-corrected chi connectivity index (χ2v) is 6.43. The van der Waals surface area contributed by atoms with Crippen LogP contribution >= 0.6 is 0 Å². The van der Waals surface area contributed by atoms with Gasteiger partial charge in [0.25, 0.3) is 0 Å². The van der Waals surface area contributed by atoms with E-state index in [1.54, 1.807) is 0 Å². The molecule has 0 aromatic heterocycles. The third-order valence-electron chi connectivity index (χ3n) is 3.06. The van der Waals surface area contributed by atoms with Crippen LogP contribution in [0.5, 0.6) is 0 Å². The van der Waals surface area contributed by atoms with Crippen LogP contribution in [-0.4, -0.2) is 11.9 Å². The van der Waals surface area contributed by atoms with E-state index < -0.39 is 0 Å². The molecule has 0 aliphatic rings. The highest BCUT2D eigenvalue weighted by Crippen LogP contribution is 2.20. The lowest BCUT2D eigenvalue weighted by Gasteiger charge is -2.22. The van der Waals surface area contributed by atoms with Crippen LogP contribution in [0.2, 0.25) is 0 Å². The van der Waals surface area contributed by atoms with E-state index >= 15 is 0 Å². The summed E-state index contributed by atoms with van der Waals surface area (Å²) in [5.41, 5.74) is 8.51. The standard InChI is InChI=1S/C16H26N2O/c1-12-7-5-6-8-13(12)11-18-15(19)9-14(17)10-16(2,3)4/h5-8,14H,9-11,17H2,1-4H3,(H,18,19). The molecule has 19 heavy (non-hydrogen) atoms. The van der Waals surface area contributed by atoms with Gasteiger partial charge in [-0.3, -0.25) is 4.79 Å². The van der Waals surface area contributed by atoms with Gasteiger partial charge in [0, 0.05) is 19.0 Å².